The highest BCUT2D eigenvalue weighted by atomic mass is 15.2. The van der Waals surface area contributed by atoms with Gasteiger partial charge in [0.1, 0.15) is 0 Å². The topological polar surface area (TPSA) is 29.9 Å². The number of hydrogen-bond acceptors (Lipinski definition) is 2. The van der Waals surface area contributed by atoms with E-state index >= 15 is 0 Å². The van der Waals surface area contributed by atoms with E-state index in [0.29, 0.717) is 6.04 Å². The smallest absolute Gasteiger partial charge is 0.203 e. The van der Waals surface area contributed by atoms with E-state index in [1.54, 1.807) is 0 Å². The minimum Gasteiger partial charge on any atom is -0.353 e. The van der Waals surface area contributed by atoms with Crippen LogP contribution in [0.4, 0.5) is 5.95 Å². The molecule has 1 N–H and O–H groups in total. The summed E-state index contributed by atoms with van der Waals surface area (Å²) in [6.07, 6.45) is 6.36. The maximum absolute atomic E-state index is 4.51. The molecule has 1 rings (SSSR count). The number of anilines is 1. The SMILES string of the molecule is C=CCn1cc(C)nc1NC(C)CC(C)CC. The van der Waals surface area contributed by atoms with Crippen LogP contribution in [0.25, 0.3) is 0 Å². The molecule has 0 aliphatic heterocycles. The Kier molecular flexibility index (Phi) is 5.26. The molecule has 0 radical (unpaired) electrons. The van der Waals surface area contributed by atoms with Gasteiger partial charge in [0.15, 0.2) is 0 Å². The normalized spacial score (nSPS) is 14.4. The van der Waals surface area contributed by atoms with Crippen molar-refractivity contribution in [3.63, 3.8) is 0 Å². The quantitative estimate of drug-likeness (QED) is 0.732. The Hall–Kier alpha value is -1.25. The molecule has 1 aromatic heterocycles. The fourth-order valence-corrected chi connectivity index (χ4v) is 1.99. The maximum atomic E-state index is 4.51. The van der Waals surface area contributed by atoms with Crippen molar-refractivity contribution in [1.29, 1.82) is 0 Å². The second-order valence-electron chi connectivity index (χ2n) is 4.94. The summed E-state index contributed by atoms with van der Waals surface area (Å²) in [4.78, 5) is 4.51. The second-order valence-corrected chi connectivity index (χ2v) is 4.94. The van der Waals surface area contributed by atoms with Crippen molar-refractivity contribution < 1.29 is 0 Å². The zero-order chi connectivity index (χ0) is 12.8. The van der Waals surface area contributed by atoms with Gasteiger partial charge in [-0.3, -0.25) is 0 Å². The minimum absolute atomic E-state index is 0.454. The average molecular weight is 235 g/mol. The molecular formula is C14H25N3. The molecule has 0 amide bonds. The van der Waals surface area contributed by atoms with Crippen molar-refractivity contribution in [2.24, 2.45) is 5.92 Å². The van der Waals surface area contributed by atoms with Gasteiger partial charge in [0.2, 0.25) is 5.95 Å². The van der Waals surface area contributed by atoms with E-state index in [1.165, 1.54) is 12.8 Å². The van der Waals surface area contributed by atoms with Crippen LogP contribution in [0.15, 0.2) is 18.9 Å². The van der Waals surface area contributed by atoms with Crippen LogP contribution in [0, 0.1) is 12.8 Å². The van der Waals surface area contributed by atoms with E-state index in [0.717, 1.165) is 24.1 Å². The van der Waals surface area contributed by atoms with Gasteiger partial charge in [-0.2, -0.15) is 0 Å². The van der Waals surface area contributed by atoms with Crippen LogP contribution in [0.2, 0.25) is 0 Å². The molecule has 0 saturated carbocycles. The number of aromatic nitrogens is 2. The first-order valence-corrected chi connectivity index (χ1v) is 6.48. The molecule has 2 atom stereocenters. The molecule has 17 heavy (non-hydrogen) atoms. The van der Waals surface area contributed by atoms with Crippen molar-refractivity contribution >= 4 is 5.95 Å². The van der Waals surface area contributed by atoms with Gasteiger partial charge in [0, 0.05) is 18.8 Å². The van der Waals surface area contributed by atoms with Crippen LogP contribution in [0.1, 0.15) is 39.3 Å². The summed E-state index contributed by atoms with van der Waals surface area (Å²) < 4.78 is 2.11. The fourth-order valence-electron chi connectivity index (χ4n) is 1.99. The van der Waals surface area contributed by atoms with Gasteiger partial charge >= 0.3 is 0 Å². The first kappa shape index (κ1) is 13.8. The van der Waals surface area contributed by atoms with E-state index < -0.39 is 0 Å². The summed E-state index contributed by atoms with van der Waals surface area (Å²) in [5, 5.41) is 3.49. The monoisotopic (exact) mass is 235 g/mol. The lowest BCUT2D eigenvalue weighted by molar-refractivity contribution is 0.481. The molecule has 0 aromatic carbocycles. The van der Waals surface area contributed by atoms with E-state index in [1.807, 2.05) is 13.0 Å². The molecule has 0 spiro atoms. The summed E-state index contributed by atoms with van der Waals surface area (Å²) in [5.74, 6) is 1.71. The van der Waals surface area contributed by atoms with E-state index in [4.69, 9.17) is 0 Å². The highest BCUT2D eigenvalue weighted by Gasteiger charge is 2.10. The van der Waals surface area contributed by atoms with Gasteiger partial charge in [0.05, 0.1) is 5.69 Å². The van der Waals surface area contributed by atoms with Crippen molar-refractivity contribution in [3.05, 3.63) is 24.5 Å². The molecule has 0 aliphatic rings. The number of allylic oxidation sites excluding steroid dienone is 1. The Bertz CT molecular complexity index is 354. The lowest BCUT2D eigenvalue weighted by Crippen LogP contribution is -2.20. The Morgan fingerprint density at radius 3 is 2.82 bits per heavy atom. The number of rotatable bonds is 7. The number of hydrogen-bond donors (Lipinski definition) is 1. The van der Waals surface area contributed by atoms with E-state index in [2.05, 4.69) is 48.4 Å². The summed E-state index contributed by atoms with van der Waals surface area (Å²) >= 11 is 0. The van der Waals surface area contributed by atoms with E-state index in [9.17, 15) is 0 Å². The zero-order valence-electron chi connectivity index (χ0n) is 11.5. The molecule has 1 heterocycles. The van der Waals surface area contributed by atoms with Crippen molar-refractivity contribution in [2.75, 3.05) is 5.32 Å². The summed E-state index contributed by atoms with van der Waals surface area (Å²) in [5.41, 5.74) is 1.05. The first-order valence-electron chi connectivity index (χ1n) is 6.48. The zero-order valence-corrected chi connectivity index (χ0v) is 11.5. The molecule has 2 unspecified atom stereocenters. The van der Waals surface area contributed by atoms with Crippen LogP contribution in [0.5, 0.6) is 0 Å². The number of nitrogens with zero attached hydrogens (tertiary/aromatic N) is 2. The fraction of sp³-hybridized carbons (Fsp3) is 0.643. The Morgan fingerprint density at radius 1 is 1.53 bits per heavy atom. The van der Waals surface area contributed by atoms with Gasteiger partial charge in [-0.25, -0.2) is 4.98 Å². The van der Waals surface area contributed by atoms with Crippen LogP contribution < -0.4 is 5.32 Å². The lowest BCUT2D eigenvalue weighted by Gasteiger charge is -2.18. The summed E-state index contributed by atoms with van der Waals surface area (Å²) in [7, 11) is 0. The molecular weight excluding hydrogens is 210 g/mol. The van der Waals surface area contributed by atoms with Crippen LogP contribution in [-0.2, 0) is 6.54 Å². The van der Waals surface area contributed by atoms with Gasteiger partial charge in [-0.1, -0.05) is 26.3 Å². The number of nitrogens with one attached hydrogen (secondary N) is 1. The maximum Gasteiger partial charge on any atom is 0.203 e. The first-order chi connectivity index (χ1) is 8.06. The van der Waals surface area contributed by atoms with Gasteiger partial charge in [-0.05, 0) is 26.2 Å². The van der Waals surface area contributed by atoms with Gasteiger partial charge < -0.3 is 9.88 Å². The van der Waals surface area contributed by atoms with Gasteiger partial charge in [-0.15, -0.1) is 6.58 Å². The molecule has 1 aromatic rings. The van der Waals surface area contributed by atoms with E-state index in [-0.39, 0.29) is 0 Å². The molecule has 0 fully saturated rings. The molecule has 3 nitrogen and oxygen atoms in total. The van der Waals surface area contributed by atoms with Crippen LogP contribution >= 0.6 is 0 Å². The third-order valence-corrected chi connectivity index (χ3v) is 3.05. The third kappa shape index (κ3) is 4.25. The largest absolute Gasteiger partial charge is 0.353 e. The highest BCUT2D eigenvalue weighted by Crippen LogP contribution is 2.15. The lowest BCUT2D eigenvalue weighted by atomic mass is 10.0. The standard InChI is InChI=1S/C14H25N3/c1-6-8-17-10-13(5)16-14(17)15-12(4)9-11(3)7-2/h6,10-12H,1,7-9H2,2-5H3,(H,15,16). The second kappa shape index (κ2) is 6.48. The summed E-state index contributed by atoms with van der Waals surface area (Å²) in [6.45, 7) is 13.3. The summed E-state index contributed by atoms with van der Waals surface area (Å²) in [6, 6.07) is 0.454. The predicted octanol–water partition coefficient (Wildman–Crippen LogP) is 3.61. The molecule has 0 saturated heterocycles. The Balaban J connectivity index is 2.63. The van der Waals surface area contributed by atoms with Crippen molar-refractivity contribution in [3.8, 4) is 0 Å². The molecule has 96 valence electrons. The molecule has 0 bridgehead atoms. The highest BCUT2D eigenvalue weighted by molar-refractivity contribution is 5.30. The van der Waals surface area contributed by atoms with Crippen LogP contribution in [-0.4, -0.2) is 15.6 Å². The average Bonchev–Trinajstić information content (AvgIpc) is 2.59. The third-order valence-electron chi connectivity index (χ3n) is 3.05. The van der Waals surface area contributed by atoms with Crippen molar-refractivity contribution in [1.82, 2.24) is 9.55 Å². The van der Waals surface area contributed by atoms with Crippen LogP contribution in [0.3, 0.4) is 0 Å². The van der Waals surface area contributed by atoms with Gasteiger partial charge in [0.25, 0.3) is 0 Å². The number of imidazole rings is 1. The number of aryl methyl sites for hydroxylation is 1. The predicted molar refractivity (Wildman–Crippen MR) is 74.3 cm³/mol. The van der Waals surface area contributed by atoms with Crippen molar-refractivity contribution in [2.45, 2.75) is 53.1 Å². The molecule has 3 heteroatoms. The Morgan fingerprint density at radius 2 is 2.24 bits per heavy atom. The minimum atomic E-state index is 0.454. The molecule has 0 aliphatic carbocycles. The Labute approximate surface area is 105 Å².